The van der Waals surface area contributed by atoms with E-state index in [9.17, 15) is 14.9 Å². The summed E-state index contributed by atoms with van der Waals surface area (Å²) in [5.41, 5.74) is 0.165. The van der Waals surface area contributed by atoms with Gasteiger partial charge >= 0.3 is 11.2 Å². The lowest BCUT2D eigenvalue weighted by atomic mass is 10.1. The van der Waals surface area contributed by atoms with Crippen LogP contribution >= 0.6 is 0 Å². The summed E-state index contributed by atoms with van der Waals surface area (Å²) in [5, 5.41) is 12.4. The molecule has 138 valence electrons. The minimum Gasteiger partial charge on any atom is -0.362 e. The second-order valence-corrected chi connectivity index (χ2v) is 6.50. The average Bonchev–Trinajstić information content (AvgIpc) is 2.71. The van der Waals surface area contributed by atoms with Crippen molar-refractivity contribution in [1.29, 1.82) is 0 Å². The average molecular weight is 365 g/mol. The fourth-order valence-electron chi connectivity index (χ4n) is 3.65. The third kappa shape index (κ3) is 2.88. The molecule has 0 aliphatic carbocycles. The summed E-state index contributed by atoms with van der Waals surface area (Å²) in [6.07, 6.45) is 1.75. The summed E-state index contributed by atoms with van der Waals surface area (Å²) in [6, 6.07) is 13.1. The Morgan fingerprint density at radius 2 is 1.67 bits per heavy atom. The van der Waals surface area contributed by atoms with Crippen molar-refractivity contribution < 1.29 is 4.92 Å². The number of hydrogen-bond donors (Lipinski definition) is 0. The highest BCUT2D eigenvalue weighted by molar-refractivity contribution is 5.96. The van der Waals surface area contributed by atoms with Crippen molar-refractivity contribution in [1.82, 2.24) is 9.55 Å². The molecule has 4 rings (SSSR count). The first-order valence-electron chi connectivity index (χ1n) is 8.75. The van der Waals surface area contributed by atoms with Gasteiger partial charge in [0.05, 0.1) is 10.4 Å². The highest BCUT2D eigenvalue weighted by Crippen LogP contribution is 2.34. The van der Waals surface area contributed by atoms with E-state index in [1.807, 2.05) is 47.4 Å². The van der Waals surface area contributed by atoms with Gasteiger partial charge in [-0.15, -0.1) is 0 Å². The molecule has 1 saturated heterocycles. The van der Waals surface area contributed by atoms with Gasteiger partial charge < -0.3 is 14.4 Å². The second kappa shape index (κ2) is 6.71. The number of benzene rings is 1. The number of piperazine rings is 1. The normalized spacial score (nSPS) is 14.6. The number of nitrogens with zero attached hydrogens (tertiary/aromatic N) is 5. The summed E-state index contributed by atoms with van der Waals surface area (Å²) in [5.74, 6) is 0.889. The first kappa shape index (κ1) is 17.0. The molecule has 1 fully saturated rings. The largest absolute Gasteiger partial charge is 0.362 e. The van der Waals surface area contributed by atoms with E-state index in [-0.39, 0.29) is 5.69 Å². The van der Waals surface area contributed by atoms with Gasteiger partial charge in [-0.05, 0) is 18.2 Å². The zero-order valence-electron chi connectivity index (χ0n) is 14.9. The van der Waals surface area contributed by atoms with E-state index in [1.54, 1.807) is 13.2 Å². The Labute approximate surface area is 155 Å². The van der Waals surface area contributed by atoms with Crippen molar-refractivity contribution in [3.05, 3.63) is 69.1 Å². The molecular weight excluding hydrogens is 346 g/mol. The quantitative estimate of drug-likeness (QED) is 0.522. The van der Waals surface area contributed by atoms with Crippen molar-refractivity contribution in [2.24, 2.45) is 7.05 Å². The number of rotatable bonds is 3. The summed E-state index contributed by atoms with van der Waals surface area (Å²) >= 11 is 0. The molecule has 0 unspecified atom stereocenters. The van der Waals surface area contributed by atoms with Gasteiger partial charge in [-0.2, -0.15) is 0 Å². The van der Waals surface area contributed by atoms with Crippen molar-refractivity contribution in [3.63, 3.8) is 0 Å². The number of aromatic nitrogens is 2. The fourth-order valence-corrected chi connectivity index (χ4v) is 3.65. The molecule has 1 aromatic carbocycles. The zero-order valence-corrected chi connectivity index (χ0v) is 14.9. The van der Waals surface area contributed by atoms with Gasteiger partial charge in [-0.25, -0.2) is 4.98 Å². The second-order valence-electron chi connectivity index (χ2n) is 6.50. The predicted molar refractivity (Wildman–Crippen MR) is 105 cm³/mol. The van der Waals surface area contributed by atoms with E-state index in [1.165, 1.54) is 4.57 Å². The molecule has 27 heavy (non-hydrogen) atoms. The van der Waals surface area contributed by atoms with Gasteiger partial charge in [-0.3, -0.25) is 14.9 Å². The van der Waals surface area contributed by atoms with Crippen LogP contribution < -0.4 is 15.4 Å². The first-order valence-corrected chi connectivity index (χ1v) is 8.75. The number of fused-ring (bicyclic) bond motifs is 1. The van der Waals surface area contributed by atoms with Crippen LogP contribution in [0.4, 0.5) is 17.2 Å². The molecule has 3 aromatic rings. The van der Waals surface area contributed by atoms with Crippen LogP contribution in [-0.4, -0.2) is 40.7 Å². The van der Waals surface area contributed by atoms with Crippen molar-refractivity contribution in [3.8, 4) is 0 Å². The Kier molecular flexibility index (Phi) is 4.23. The minimum atomic E-state index is -0.583. The number of hydrogen-bond acceptors (Lipinski definition) is 6. The van der Waals surface area contributed by atoms with Crippen molar-refractivity contribution in [2.45, 2.75) is 0 Å². The summed E-state index contributed by atoms with van der Waals surface area (Å²) in [7, 11) is 1.57. The maximum absolute atomic E-state index is 12.6. The molecule has 0 bridgehead atoms. The third-order valence-corrected chi connectivity index (χ3v) is 5.00. The van der Waals surface area contributed by atoms with Gasteiger partial charge in [0, 0.05) is 44.8 Å². The van der Waals surface area contributed by atoms with Gasteiger partial charge in [0.2, 0.25) is 0 Å². The summed E-state index contributed by atoms with van der Waals surface area (Å²) in [4.78, 5) is 32.3. The number of aryl methyl sites for hydroxylation is 1. The van der Waals surface area contributed by atoms with E-state index < -0.39 is 10.5 Å². The number of pyridine rings is 2. The monoisotopic (exact) mass is 365 g/mol. The Morgan fingerprint density at radius 1 is 1.00 bits per heavy atom. The van der Waals surface area contributed by atoms with E-state index in [0.717, 1.165) is 11.2 Å². The smallest absolute Gasteiger partial charge is 0.357 e. The third-order valence-electron chi connectivity index (χ3n) is 5.00. The van der Waals surface area contributed by atoms with Crippen molar-refractivity contribution >= 4 is 28.1 Å². The van der Waals surface area contributed by atoms with Gasteiger partial charge in [0.25, 0.3) is 0 Å². The van der Waals surface area contributed by atoms with E-state index in [4.69, 9.17) is 0 Å². The zero-order chi connectivity index (χ0) is 19.0. The Morgan fingerprint density at radius 3 is 2.33 bits per heavy atom. The number of nitro groups is 1. The predicted octanol–water partition coefficient (Wildman–Crippen LogP) is 2.17. The standard InChI is InChI=1S/C19H19N5O3/c1-21-15-7-3-2-6-14(15)17(18(19(21)25)24(26)27)23-12-10-22(11-13-23)16-8-4-5-9-20-16/h2-9H,10-13H2,1H3. The van der Waals surface area contributed by atoms with Crippen LogP contribution in [0, 0.1) is 10.1 Å². The molecule has 3 heterocycles. The lowest BCUT2D eigenvalue weighted by Crippen LogP contribution is -2.47. The van der Waals surface area contributed by atoms with Crippen LogP contribution in [-0.2, 0) is 7.05 Å². The molecule has 0 spiro atoms. The molecule has 8 heteroatoms. The highest BCUT2D eigenvalue weighted by atomic mass is 16.6. The molecule has 1 aliphatic heterocycles. The molecule has 1 aliphatic rings. The molecule has 0 saturated carbocycles. The molecule has 0 N–H and O–H groups in total. The van der Waals surface area contributed by atoms with Crippen LogP contribution in [0.15, 0.2) is 53.5 Å². The molecular formula is C19H19N5O3. The lowest BCUT2D eigenvalue weighted by Gasteiger charge is -2.36. The molecule has 2 aromatic heterocycles. The van der Waals surface area contributed by atoms with Gasteiger partial charge in [0.15, 0.2) is 0 Å². The first-order chi connectivity index (χ1) is 13.1. The van der Waals surface area contributed by atoms with Crippen LogP contribution in [0.3, 0.4) is 0 Å². The van der Waals surface area contributed by atoms with Crippen LogP contribution in [0.1, 0.15) is 0 Å². The topological polar surface area (TPSA) is 84.5 Å². The Balaban J connectivity index is 1.76. The van der Waals surface area contributed by atoms with E-state index >= 15 is 0 Å². The number of anilines is 2. The molecule has 0 atom stereocenters. The molecule has 0 radical (unpaired) electrons. The van der Waals surface area contributed by atoms with E-state index in [0.29, 0.717) is 37.4 Å². The van der Waals surface area contributed by atoms with Crippen LogP contribution in [0.5, 0.6) is 0 Å². The maximum atomic E-state index is 12.6. The lowest BCUT2D eigenvalue weighted by molar-refractivity contribution is -0.385. The summed E-state index contributed by atoms with van der Waals surface area (Å²) < 4.78 is 1.35. The Bertz CT molecular complexity index is 1060. The maximum Gasteiger partial charge on any atom is 0.357 e. The molecule has 0 amide bonds. The van der Waals surface area contributed by atoms with Crippen LogP contribution in [0.2, 0.25) is 0 Å². The fraction of sp³-hybridized carbons (Fsp3) is 0.263. The van der Waals surface area contributed by atoms with Gasteiger partial charge in [-0.1, -0.05) is 24.3 Å². The molecule has 8 nitrogen and oxygen atoms in total. The Hall–Kier alpha value is -3.42. The summed E-state index contributed by atoms with van der Waals surface area (Å²) in [6.45, 7) is 2.51. The SMILES string of the molecule is Cn1c(=O)c([N+](=O)[O-])c(N2CCN(c3ccccn3)CC2)c2ccccc21. The van der Waals surface area contributed by atoms with E-state index in [2.05, 4.69) is 9.88 Å². The van der Waals surface area contributed by atoms with Gasteiger partial charge in [0.1, 0.15) is 11.5 Å². The highest BCUT2D eigenvalue weighted by Gasteiger charge is 2.30. The minimum absolute atomic E-state index is 0.359. The van der Waals surface area contributed by atoms with Crippen molar-refractivity contribution in [2.75, 3.05) is 36.0 Å². The van der Waals surface area contributed by atoms with Crippen LogP contribution in [0.25, 0.3) is 10.9 Å². The number of para-hydroxylation sites is 1.